The van der Waals surface area contributed by atoms with Crippen molar-refractivity contribution in [2.24, 2.45) is 5.84 Å². The normalized spacial score (nSPS) is 11.4. The van der Waals surface area contributed by atoms with Gasteiger partial charge in [0.2, 0.25) is 0 Å². The van der Waals surface area contributed by atoms with E-state index in [0.29, 0.717) is 0 Å². The molecule has 0 aliphatic carbocycles. The Morgan fingerprint density at radius 3 is 2.65 bits per heavy atom. The maximum Gasteiger partial charge on any atom is 0.389 e. The van der Waals surface area contributed by atoms with E-state index in [4.69, 9.17) is 10.6 Å². The lowest BCUT2D eigenvalue weighted by atomic mass is 10.1. The molecule has 0 spiro atoms. The van der Waals surface area contributed by atoms with Crippen LogP contribution in [0.15, 0.2) is 18.2 Å². The zero-order valence-corrected chi connectivity index (χ0v) is 10.5. The summed E-state index contributed by atoms with van der Waals surface area (Å²) in [6, 6.07) is 3.55. The molecule has 1 aromatic carbocycles. The molecule has 8 heteroatoms. The second-order valence-electron chi connectivity index (χ2n) is 4.05. The summed E-state index contributed by atoms with van der Waals surface area (Å²) in [7, 11) is 0. The summed E-state index contributed by atoms with van der Waals surface area (Å²) in [5.41, 5.74) is 2.12. The Bertz CT molecular complexity index is 463. The zero-order valence-electron chi connectivity index (χ0n) is 10.5. The van der Waals surface area contributed by atoms with Crippen LogP contribution >= 0.6 is 0 Å². The molecule has 0 atom stereocenters. The highest BCUT2D eigenvalue weighted by Gasteiger charge is 2.25. The van der Waals surface area contributed by atoms with Crippen LogP contribution in [0.2, 0.25) is 0 Å². The molecule has 3 N–H and O–H groups in total. The van der Waals surface area contributed by atoms with E-state index in [1.807, 2.05) is 5.43 Å². The van der Waals surface area contributed by atoms with Gasteiger partial charge < -0.3 is 4.74 Å². The van der Waals surface area contributed by atoms with Crippen LogP contribution in [0.1, 0.15) is 28.8 Å². The fourth-order valence-electron chi connectivity index (χ4n) is 1.47. The van der Waals surface area contributed by atoms with Crippen molar-refractivity contribution in [3.05, 3.63) is 35.1 Å². The Balaban J connectivity index is 2.49. The van der Waals surface area contributed by atoms with Crippen molar-refractivity contribution in [3.8, 4) is 0 Å². The number of rotatable bonds is 6. The number of nitrogens with one attached hydrogen (secondary N) is 1. The number of carbonyl (C=O) groups excluding carboxylic acids is 1. The van der Waals surface area contributed by atoms with Gasteiger partial charge in [-0.1, -0.05) is 0 Å². The first-order chi connectivity index (χ1) is 9.33. The Morgan fingerprint density at radius 1 is 1.35 bits per heavy atom. The van der Waals surface area contributed by atoms with E-state index >= 15 is 0 Å². The van der Waals surface area contributed by atoms with Gasteiger partial charge in [-0.15, -0.1) is 0 Å². The third kappa shape index (κ3) is 5.54. The molecule has 0 aliphatic rings. The average molecular weight is 294 g/mol. The number of hydrazine groups is 1. The lowest BCUT2D eigenvalue weighted by Gasteiger charge is -2.08. The molecular weight excluding hydrogens is 280 g/mol. The Kier molecular flexibility index (Phi) is 5.90. The molecule has 1 amide bonds. The average Bonchev–Trinajstić information content (AvgIpc) is 2.38. The van der Waals surface area contributed by atoms with Gasteiger partial charge >= 0.3 is 6.18 Å². The van der Waals surface area contributed by atoms with E-state index in [2.05, 4.69) is 0 Å². The number of hydrogen-bond acceptors (Lipinski definition) is 3. The summed E-state index contributed by atoms with van der Waals surface area (Å²) in [6.07, 6.45) is -5.38. The molecule has 0 aliphatic heterocycles. The predicted octanol–water partition coefficient (Wildman–Crippen LogP) is 2.29. The SMILES string of the molecule is NNC(=O)c1ccc(F)c(COCCCC(F)(F)F)c1. The lowest BCUT2D eigenvalue weighted by molar-refractivity contribution is -0.138. The van der Waals surface area contributed by atoms with Crippen LogP contribution in [0, 0.1) is 5.82 Å². The molecular formula is C12H14F4N2O2. The number of alkyl halides is 3. The van der Waals surface area contributed by atoms with Gasteiger partial charge in [0.05, 0.1) is 6.61 Å². The summed E-state index contributed by atoms with van der Waals surface area (Å²) in [5.74, 6) is 3.74. The van der Waals surface area contributed by atoms with E-state index in [0.717, 1.165) is 6.07 Å². The lowest BCUT2D eigenvalue weighted by Crippen LogP contribution is -2.30. The van der Waals surface area contributed by atoms with Crippen molar-refractivity contribution >= 4 is 5.91 Å². The highest BCUT2D eigenvalue weighted by Crippen LogP contribution is 2.21. The first-order valence-electron chi connectivity index (χ1n) is 5.77. The number of nitrogens with two attached hydrogens (primary N) is 1. The van der Waals surface area contributed by atoms with Crippen LogP contribution < -0.4 is 11.3 Å². The quantitative estimate of drug-likeness (QED) is 0.278. The molecule has 112 valence electrons. The molecule has 0 aromatic heterocycles. The third-order valence-electron chi connectivity index (χ3n) is 2.45. The van der Waals surface area contributed by atoms with Crippen LogP contribution in [-0.2, 0) is 11.3 Å². The minimum absolute atomic E-state index is 0.0816. The van der Waals surface area contributed by atoms with Crippen LogP contribution in [0.25, 0.3) is 0 Å². The van der Waals surface area contributed by atoms with Crippen LogP contribution in [0.3, 0.4) is 0 Å². The van der Waals surface area contributed by atoms with Crippen molar-refractivity contribution in [2.75, 3.05) is 6.61 Å². The maximum atomic E-state index is 13.4. The van der Waals surface area contributed by atoms with Gasteiger partial charge in [-0.05, 0) is 24.6 Å². The van der Waals surface area contributed by atoms with E-state index in [1.165, 1.54) is 12.1 Å². The predicted molar refractivity (Wildman–Crippen MR) is 63.0 cm³/mol. The van der Waals surface area contributed by atoms with Gasteiger partial charge in [-0.25, -0.2) is 10.2 Å². The fourth-order valence-corrected chi connectivity index (χ4v) is 1.47. The first-order valence-corrected chi connectivity index (χ1v) is 5.77. The van der Waals surface area contributed by atoms with Gasteiger partial charge in [-0.3, -0.25) is 10.2 Å². The minimum Gasteiger partial charge on any atom is -0.377 e. The summed E-state index contributed by atoms with van der Waals surface area (Å²) >= 11 is 0. The first kappa shape index (κ1) is 16.4. The van der Waals surface area contributed by atoms with Crippen molar-refractivity contribution < 1.29 is 27.1 Å². The van der Waals surface area contributed by atoms with Gasteiger partial charge in [-0.2, -0.15) is 13.2 Å². The van der Waals surface area contributed by atoms with Crippen LogP contribution in [0.5, 0.6) is 0 Å². The maximum absolute atomic E-state index is 13.4. The molecule has 0 heterocycles. The minimum atomic E-state index is -4.23. The Hall–Kier alpha value is -1.67. The molecule has 0 saturated carbocycles. The number of ether oxygens (including phenoxy) is 1. The summed E-state index contributed by atoms with van der Waals surface area (Å²) < 4.78 is 54.0. The molecule has 20 heavy (non-hydrogen) atoms. The molecule has 0 fully saturated rings. The fraction of sp³-hybridized carbons (Fsp3) is 0.417. The van der Waals surface area contributed by atoms with E-state index in [1.54, 1.807) is 0 Å². The van der Waals surface area contributed by atoms with Crippen molar-refractivity contribution in [3.63, 3.8) is 0 Å². The highest BCUT2D eigenvalue weighted by atomic mass is 19.4. The molecule has 1 aromatic rings. The highest BCUT2D eigenvalue weighted by molar-refractivity contribution is 5.93. The van der Waals surface area contributed by atoms with Crippen LogP contribution in [0.4, 0.5) is 17.6 Å². The molecule has 0 radical (unpaired) electrons. The standard InChI is InChI=1S/C12H14F4N2O2/c13-10-3-2-8(11(19)18-17)6-9(10)7-20-5-1-4-12(14,15)16/h2-3,6H,1,4-5,7,17H2,(H,18,19). The van der Waals surface area contributed by atoms with Gasteiger partial charge in [0, 0.05) is 24.2 Å². The number of halogens is 4. The number of hydrogen-bond donors (Lipinski definition) is 2. The molecule has 0 bridgehead atoms. The molecule has 4 nitrogen and oxygen atoms in total. The number of benzene rings is 1. The summed E-state index contributed by atoms with van der Waals surface area (Å²) in [4.78, 5) is 11.2. The van der Waals surface area contributed by atoms with Crippen molar-refractivity contribution in [2.45, 2.75) is 25.6 Å². The second kappa shape index (κ2) is 7.20. The van der Waals surface area contributed by atoms with Gasteiger partial charge in [0.1, 0.15) is 5.82 Å². The smallest absolute Gasteiger partial charge is 0.377 e. The Labute approximate surface area is 112 Å². The Morgan fingerprint density at radius 2 is 2.05 bits per heavy atom. The monoisotopic (exact) mass is 294 g/mol. The van der Waals surface area contributed by atoms with Crippen molar-refractivity contribution in [1.82, 2.24) is 5.43 Å². The molecule has 0 unspecified atom stereocenters. The number of amides is 1. The summed E-state index contributed by atoms with van der Waals surface area (Å²) in [5, 5.41) is 0. The topological polar surface area (TPSA) is 64.3 Å². The second-order valence-corrected chi connectivity index (χ2v) is 4.05. The van der Waals surface area contributed by atoms with Gasteiger partial charge in [0.15, 0.2) is 0 Å². The summed E-state index contributed by atoms with van der Waals surface area (Å²) in [6.45, 7) is -0.359. The van der Waals surface area contributed by atoms with E-state index in [-0.39, 0.29) is 30.8 Å². The number of nitrogen functional groups attached to an aromatic ring is 1. The molecule has 1 rings (SSSR count). The van der Waals surface area contributed by atoms with E-state index in [9.17, 15) is 22.4 Å². The van der Waals surface area contributed by atoms with Gasteiger partial charge in [0.25, 0.3) is 5.91 Å². The van der Waals surface area contributed by atoms with Crippen molar-refractivity contribution in [1.29, 1.82) is 0 Å². The van der Waals surface area contributed by atoms with Crippen LogP contribution in [-0.4, -0.2) is 18.7 Å². The van der Waals surface area contributed by atoms with E-state index < -0.39 is 24.3 Å². The number of carbonyl (C=O) groups is 1. The zero-order chi connectivity index (χ0) is 15.2. The molecule has 0 saturated heterocycles. The third-order valence-corrected chi connectivity index (χ3v) is 2.45. The largest absolute Gasteiger partial charge is 0.389 e.